The quantitative estimate of drug-likeness (QED) is 0.260. The van der Waals surface area contributed by atoms with Crippen molar-refractivity contribution in [2.75, 3.05) is 18.8 Å². The van der Waals surface area contributed by atoms with E-state index in [9.17, 15) is 9.18 Å². The van der Waals surface area contributed by atoms with Crippen molar-refractivity contribution in [3.8, 4) is 17.1 Å². The molecule has 0 aliphatic carbocycles. The highest BCUT2D eigenvalue weighted by atomic mass is 32.2. The van der Waals surface area contributed by atoms with E-state index in [2.05, 4.69) is 39.4 Å². The molecule has 1 N–H and O–H groups in total. The second-order valence-electron chi connectivity index (χ2n) is 9.67. The van der Waals surface area contributed by atoms with Crippen LogP contribution < -0.4 is 0 Å². The molecule has 1 amide bonds. The standard InChI is InChI=1S/C30H28FN5OS/c31-23-10-12-24(13-11-23)36-29(26-19-32-27-9-5-4-8-25(26)27)33-34-30(36)38-20-28(37)35-16-14-22(15-17-35)18-21-6-2-1-3-7-21/h1-13,19,22,32H,14-18,20H2. The minimum absolute atomic E-state index is 0.107. The highest BCUT2D eigenvalue weighted by molar-refractivity contribution is 7.99. The zero-order valence-corrected chi connectivity index (χ0v) is 21.7. The van der Waals surface area contributed by atoms with Crippen LogP contribution >= 0.6 is 11.8 Å². The number of nitrogens with zero attached hydrogens (tertiary/aromatic N) is 4. The van der Waals surface area contributed by atoms with Gasteiger partial charge in [-0.15, -0.1) is 10.2 Å². The van der Waals surface area contributed by atoms with Gasteiger partial charge in [-0.05, 0) is 61.1 Å². The normalized spacial score (nSPS) is 14.3. The largest absolute Gasteiger partial charge is 0.360 e. The molecule has 8 heteroatoms. The van der Waals surface area contributed by atoms with Crippen LogP contribution in [0.2, 0.25) is 0 Å². The van der Waals surface area contributed by atoms with Crippen molar-refractivity contribution < 1.29 is 9.18 Å². The zero-order valence-electron chi connectivity index (χ0n) is 20.9. The van der Waals surface area contributed by atoms with E-state index in [4.69, 9.17) is 0 Å². The first kappa shape index (κ1) is 24.4. The Kier molecular flexibility index (Phi) is 6.96. The Balaban J connectivity index is 1.18. The van der Waals surface area contributed by atoms with E-state index in [-0.39, 0.29) is 17.5 Å². The molecule has 38 heavy (non-hydrogen) atoms. The first-order valence-electron chi connectivity index (χ1n) is 12.9. The Hall–Kier alpha value is -3.91. The molecule has 0 radical (unpaired) electrons. The van der Waals surface area contributed by atoms with E-state index in [1.807, 2.05) is 46.0 Å². The Labute approximate surface area is 224 Å². The minimum atomic E-state index is -0.310. The van der Waals surface area contributed by atoms with Crippen molar-refractivity contribution >= 4 is 28.6 Å². The van der Waals surface area contributed by atoms with Gasteiger partial charge in [0, 0.05) is 41.4 Å². The molecular formula is C30H28FN5OS. The van der Waals surface area contributed by atoms with Crippen molar-refractivity contribution in [1.82, 2.24) is 24.6 Å². The lowest BCUT2D eigenvalue weighted by Gasteiger charge is -2.32. The number of para-hydroxylation sites is 1. The van der Waals surface area contributed by atoms with E-state index < -0.39 is 0 Å². The number of nitrogens with one attached hydrogen (secondary N) is 1. The fourth-order valence-corrected chi connectivity index (χ4v) is 6.02. The van der Waals surface area contributed by atoms with Crippen LogP contribution in [0.1, 0.15) is 18.4 Å². The van der Waals surface area contributed by atoms with E-state index in [1.54, 1.807) is 12.1 Å². The smallest absolute Gasteiger partial charge is 0.233 e. The number of aromatic amines is 1. The summed E-state index contributed by atoms with van der Waals surface area (Å²) >= 11 is 1.37. The molecule has 1 fully saturated rings. The first-order chi connectivity index (χ1) is 18.7. The van der Waals surface area contributed by atoms with Crippen LogP contribution in [0.15, 0.2) is 90.2 Å². The molecule has 0 bridgehead atoms. The molecular weight excluding hydrogens is 497 g/mol. The Morgan fingerprint density at radius 2 is 1.68 bits per heavy atom. The summed E-state index contributed by atoms with van der Waals surface area (Å²) in [6, 6.07) is 24.8. The summed E-state index contributed by atoms with van der Waals surface area (Å²) in [4.78, 5) is 18.4. The van der Waals surface area contributed by atoms with Crippen molar-refractivity contribution in [2.45, 2.75) is 24.4 Å². The van der Waals surface area contributed by atoms with Gasteiger partial charge in [0.25, 0.3) is 0 Å². The molecule has 0 atom stereocenters. The van der Waals surface area contributed by atoms with Gasteiger partial charge < -0.3 is 9.88 Å². The number of benzene rings is 3. The van der Waals surface area contributed by atoms with Gasteiger partial charge in [0.05, 0.1) is 5.75 Å². The van der Waals surface area contributed by atoms with E-state index in [0.717, 1.165) is 54.5 Å². The minimum Gasteiger partial charge on any atom is -0.360 e. The number of carbonyl (C=O) groups excluding carboxylic acids is 1. The molecule has 3 aromatic carbocycles. The van der Waals surface area contributed by atoms with Crippen molar-refractivity contribution in [1.29, 1.82) is 0 Å². The van der Waals surface area contributed by atoms with Crippen LogP contribution in [0.3, 0.4) is 0 Å². The molecule has 6 rings (SSSR count). The lowest BCUT2D eigenvalue weighted by molar-refractivity contribution is -0.129. The Bertz CT molecular complexity index is 1540. The van der Waals surface area contributed by atoms with Gasteiger partial charge in [-0.2, -0.15) is 0 Å². The van der Waals surface area contributed by atoms with Crippen molar-refractivity contribution in [3.63, 3.8) is 0 Å². The first-order valence-corrected chi connectivity index (χ1v) is 13.9. The van der Waals surface area contributed by atoms with Crippen LogP contribution in [-0.2, 0) is 11.2 Å². The molecule has 0 spiro atoms. The number of thioether (sulfide) groups is 1. The average Bonchev–Trinajstić information content (AvgIpc) is 3.57. The highest BCUT2D eigenvalue weighted by Crippen LogP contribution is 2.33. The number of piperidine rings is 1. The third-order valence-corrected chi connectivity index (χ3v) is 8.12. The lowest BCUT2D eigenvalue weighted by atomic mass is 9.90. The molecule has 2 aromatic heterocycles. The maximum Gasteiger partial charge on any atom is 0.233 e. The molecule has 1 aliphatic rings. The summed E-state index contributed by atoms with van der Waals surface area (Å²) in [6.45, 7) is 1.56. The van der Waals surface area contributed by atoms with E-state index >= 15 is 0 Å². The van der Waals surface area contributed by atoms with E-state index in [1.165, 1.54) is 29.5 Å². The fourth-order valence-electron chi connectivity index (χ4n) is 5.17. The summed E-state index contributed by atoms with van der Waals surface area (Å²) in [5.41, 5.74) is 4.00. The summed E-state index contributed by atoms with van der Waals surface area (Å²) in [7, 11) is 0. The third kappa shape index (κ3) is 5.09. The SMILES string of the molecule is O=C(CSc1nnc(-c2c[nH]c3ccccc23)n1-c1ccc(F)cc1)N1CCC(Cc2ccccc2)CC1. The monoisotopic (exact) mass is 525 g/mol. The number of carbonyl (C=O) groups is 1. The molecule has 6 nitrogen and oxygen atoms in total. The van der Waals surface area contributed by atoms with Gasteiger partial charge in [-0.1, -0.05) is 60.3 Å². The zero-order chi connectivity index (χ0) is 25.9. The summed E-state index contributed by atoms with van der Waals surface area (Å²) in [6.07, 6.45) is 5.01. The molecule has 1 aliphatic heterocycles. The molecule has 0 saturated carbocycles. The van der Waals surface area contributed by atoms with Gasteiger partial charge in [-0.25, -0.2) is 4.39 Å². The molecule has 3 heterocycles. The van der Waals surface area contributed by atoms with Crippen LogP contribution in [-0.4, -0.2) is 49.4 Å². The molecule has 0 unspecified atom stereocenters. The number of rotatable bonds is 7. The van der Waals surface area contributed by atoms with Crippen LogP contribution in [0.5, 0.6) is 0 Å². The number of likely N-dealkylation sites (tertiary alicyclic amines) is 1. The van der Waals surface area contributed by atoms with Gasteiger partial charge >= 0.3 is 0 Å². The van der Waals surface area contributed by atoms with Crippen LogP contribution in [0.25, 0.3) is 28.0 Å². The molecule has 5 aromatic rings. The number of amides is 1. The number of hydrogen-bond acceptors (Lipinski definition) is 4. The summed E-state index contributed by atoms with van der Waals surface area (Å²) in [5, 5.41) is 10.6. The Morgan fingerprint density at radius 3 is 2.47 bits per heavy atom. The molecule has 192 valence electrons. The van der Waals surface area contributed by atoms with Gasteiger partial charge in [0.1, 0.15) is 5.82 Å². The predicted octanol–water partition coefficient (Wildman–Crippen LogP) is 6.13. The van der Waals surface area contributed by atoms with Crippen molar-refractivity contribution in [2.24, 2.45) is 5.92 Å². The number of fused-ring (bicyclic) bond motifs is 1. The third-order valence-electron chi connectivity index (χ3n) is 7.21. The van der Waals surface area contributed by atoms with Crippen molar-refractivity contribution in [3.05, 3.63) is 96.4 Å². The van der Waals surface area contributed by atoms with Gasteiger partial charge in [0.2, 0.25) is 5.91 Å². The number of aromatic nitrogens is 4. The average molecular weight is 526 g/mol. The lowest BCUT2D eigenvalue weighted by Crippen LogP contribution is -2.39. The second-order valence-corrected chi connectivity index (χ2v) is 10.6. The number of H-pyrrole nitrogens is 1. The maximum absolute atomic E-state index is 13.7. The number of hydrogen-bond donors (Lipinski definition) is 1. The fraction of sp³-hybridized carbons (Fsp3) is 0.233. The topological polar surface area (TPSA) is 66.8 Å². The van der Waals surface area contributed by atoms with Gasteiger partial charge in [-0.3, -0.25) is 9.36 Å². The second kappa shape index (κ2) is 10.8. The predicted molar refractivity (Wildman–Crippen MR) is 149 cm³/mol. The van der Waals surface area contributed by atoms with E-state index in [0.29, 0.717) is 16.9 Å². The maximum atomic E-state index is 13.7. The summed E-state index contributed by atoms with van der Waals surface area (Å²) < 4.78 is 15.6. The Morgan fingerprint density at radius 1 is 0.947 bits per heavy atom. The number of halogens is 1. The van der Waals surface area contributed by atoms with Crippen LogP contribution in [0.4, 0.5) is 4.39 Å². The highest BCUT2D eigenvalue weighted by Gasteiger charge is 2.25. The van der Waals surface area contributed by atoms with Gasteiger partial charge in [0.15, 0.2) is 11.0 Å². The molecule has 1 saturated heterocycles. The van der Waals surface area contributed by atoms with Crippen LogP contribution in [0, 0.1) is 11.7 Å². The summed E-state index contributed by atoms with van der Waals surface area (Å²) in [5.74, 6) is 1.32.